The highest BCUT2D eigenvalue weighted by atomic mass is 35.5. The van der Waals surface area contributed by atoms with Gasteiger partial charge in [0.15, 0.2) is 0 Å². The lowest BCUT2D eigenvalue weighted by molar-refractivity contribution is -0.143. The van der Waals surface area contributed by atoms with Crippen LogP contribution in [0.1, 0.15) is 41.3 Å². The van der Waals surface area contributed by atoms with E-state index in [9.17, 15) is 18.8 Å². The maximum atomic E-state index is 13.8. The average molecular weight is 545 g/mol. The van der Waals surface area contributed by atoms with E-state index in [-0.39, 0.29) is 42.1 Å². The summed E-state index contributed by atoms with van der Waals surface area (Å²) in [5.41, 5.74) is 2.61. The number of fused-ring (bicyclic) bond motifs is 1. The molecule has 0 saturated carbocycles. The van der Waals surface area contributed by atoms with Crippen molar-refractivity contribution in [2.75, 3.05) is 52.5 Å². The van der Waals surface area contributed by atoms with Gasteiger partial charge in [0.05, 0.1) is 16.5 Å². The van der Waals surface area contributed by atoms with Crippen molar-refractivity contribution in [3.8, 4) is 0 Å². The minimum Gasteiger partial charge on any atom is -0.364 e. The molecule has 2 heterocycles. The van der Waals surface area contributed by atoms with Gasteiger partial charge in [0.1, 0.15) is 12.5 Å². The van der Waals surface area contributed by atoms with Crippen LogP contribution in [0.4, 0.5) is 10.1 Å². The predicted octanol–water partition coefficient (Wildman–Crippen LogP) is 3.38. The number of benzene rings is 2. The summed E-state index contributed by atoms with van der Waals surface area (Å²) < 4.78 is 18.6. The summed E-state index contributed by atoms with van der Waals surface area (Å²) in [5, 5.41) is 0.287. The van der Waals surface area contributed by atoms with E-state index < -0.39 is 17.6 Å². The SMILES string of the molecule is COCN1CC(C(=O)C(=O)N(C)C)c2cc(C(=O)N3C[C@H](C)N(Cc4ccc(F)cc4)C[C@H]3C)c(Cl)cc21. The fourth-order valence-corrected chi connectivity index (χ4v) is 5.50. The van der Waals surface area contributed by atoms with E-state index in [1.54, 1.807) is 31.4 Å². The summed E-state index contributed by atoms with van der Waals surface area (Å²) >= 11 is 6.64. The molecule has 0 spiro atoms. The summed E-state index contributed by atoms with van der Waals surface area (Å²) in [6, 6.07) is 9.80. The van der Waals surface area contributed by atoms with Crippen molar-refractivity contribution in [1.29, 1.82) is 0 Å². The zero-order chi connectivity index (χ0) is 27.7. The van der Waals surface area contributed by atoms with Crippen LogP contribution in [0.25, 0.3) is 0 Å². The van der Waals surface area contributed by atoms with Crippen molar-refractivity contribution in [2.45, 2.75) is 38.4 Å². The molecule has 38 heavy (non-hydrogen) atoms. The van der Waals surface area contributed by atoms with E-state index in [1.807, 2.05) is 16.7 Å². The first-order valence-electron chi connectivity index (χ1n) is 12.6. The molecule has 0 radical (unpaired) electrons. The number of hydrogen-bond donors (Lipinski definition) is 0. The minimum absolute atomic E-state index is 0.0673. The topological polar surface area (TPSA) is 73.4 Å². The Labute approximate surface area is 227 Å². The Bertz CT molecular complexity index is 1220. The lowest BCUT2D eigenvalue weighted by Gasteiger charge is -2.44. The van der Waals surface area contributed by atoms with Crippen molar-refractivity contribution in [2.24, 2.45) is 0 Å². The molecule has 10 heteroatoms. The van der Waals surface area contributed by atoms with E-state index in [1.165, 1.54) is 31.1 Å². The van der Waals surface area contributed by atoms with Gasteiger partial charge in [-0.3, -0.25) is 19.3 Å². The van der Waals surface area contributed by atoms with Gasteiger partial charge < -0.3 is 19.4 Å². The molecule has 0 bridgehead atoms. The molecular weight excluding hydrogens is 511 g/mol. The van der Waals surface area contributed by atoms with Crippen molar-refractivity contribution in [3.05, 3.63) is 63.9 Å². The van der Waals surface area contributed by atoms with Crippen LogP contribution in [0, 0.1) is 5.82 Å². The largest absolute Gasteiger partial charge is 0.364 e. The third-order valence-electron chi connectivity index (χ3n) is 7.36. The van der Waals surface area contributed by atoms with E-state index >= 15 is 0 Å². The van der Waals surface area contributed by atoms with Crippen molar-refractivity contribution >= 4 is 34.9 Å². The molecule has 204 valence electrons. The number of amides is 2. The average Bonchev–Trinajstić information content (AvgIpc) is 3.22. The molecule has 4 rings (SSSR count). The Morgan fingerprint density at radius 2 is 1.74 bits per heavy atom. The molecule has 0 aromatic heterocycles. The summed E-state index contributed by atoms with van der Waals surface area (Å²) in [6.07, 6.45) is 0. The zero-order valence-electron chi connectivity index (χ0n) is 22.4. The normalized spacial score (nSPS) is 21.4. The molecule has 0 N–H and O–H groups in total. The number of piperazine rings is 1. The first-order chi connectivity index (χ1) is 18.0. The highest BCUT2D eigenvalue weighted by molar-refractivity contribution is 6.39. The number of carbonyl (C=O) groups is 3. The van der Waals surface area contributed by atoms with Crippen molar-refractivity contribution < 1.29 is 23.5 Å². The van der Waals surface area contributed by atoms with Gasteiger partial charge in [0.25, 0.3) is 11.8 Å². The fraction of sp³-hybridized carbons (Fsp3) is 0.464. The number of rotatable bonds is 7. The van der Waals surface area contributed by atoms with Crippen LogP contribution in [0.15, 0.2) is 36.4 Å². The van der Waals surface area contributed by atoms with Gasteiger partial charge in [0, 0.05) is 65.2 Å². The summed E-state index contributed by atoms with van der Waals surface area (Å²) in [7, 11) is 4.63. The molecule has 2 amide bonds. The molecule has 1 fully saturated rings. The van der Waals surface area contributed by atoms with Crippen molar-refractivity contribution in [1.82, 2.24) is 14.7 Å². The number of hydrogen-bond acceptors (Lipinski definition) is 6. The first kappa shape index (κ1) is 28.0. The highest BCUT2D eigenvalue weighted by Gasteiger charge is 2.40. The summed E-state index contributed by atoms with van der Waals surface area (Å²) in [4.78, 5) is 46.5. The van der Waals surface area contributed by atoms with Crippen molar-refractivity contribution in [3.63, 3.8) is 0 Å². The van der Waals surface area contributed by atoms with Gasteiger partial charge in [0.2, 0.25) is 5.78 Å². The number of ether oxygens (including phenoxy) is 1. The smallest absolute Gasteiger partial charge is 0.290 e. The second-order valence-corrected chi connectivity index (χ2v) is 10.8. The van der Waals surface area contributed by atoms with Gasteiger partial charge in [-0.05, 0) is 49.2 Å². The number of likely N-dealkylation sites (N-methyl/N-ethyl adjacent to an activating group) is 1. The first-order valence-corrected chi connectivity index (χ1v) is 13.0. The van der Waals surface area contributed by atoms with E-state index in [0.29, 0.717) is 36.4 Å². The van der Waals surface area contributed by atoms with Gasteiger partial charge in [-0.25, -0.2) is 4.39 Å². The third kappa shape index (κ3) is 5.55. The van der Waals surface area contributed by atoms with Crippen LogP contribution in [0.3, 0.4) is 0 Å². The Morgan fingerprint density at radius 3 is 2.37 bits per heavy atom. The van der Waals surface area contributed by atoms with Gasteiger partial charge in [-0.2, -0.15) is 0 Å². The number of halogens is 2. The lowest BCUT2D eigenvalue weighted by Crippen LogP contribution is -2.57. The molecule has 2 aromatic carbocycles. The van der Waals surface area contributed by atoms with Gasteiger partial charge >= 0.3 is 0 Å². The molecule has 1 unspecified atom stereocenters. The van der Waals surface area contributed by atoms with Crippen LogP contribution < -0.4 is 4.90 Å². The number of Topliss-reactive ketones (excluding diaryl/α,β-unsaturated/α-hetero) is 1. The zero-order valence-corrected chi connectivity index (χ0v) is 23.2. The second kappa shape index (κ2) is 11.4. The molecule has 2 aliphatic heterocycles. The third-order valence-corrected chi connectivity index (χ3v) is 7.67. The molecule has 0 aliphatic carbocycles. The Morgan fingerprint density at radius 1 is 1.05 bits per heavy atom. The number of methoxy groups -OCH3 is 1. The molecule has 8 nitrogen and oxygen atoms in total. The van der Waals surface area contributed by atoms with Crippen LogP contribution in [0.2, 0.25) is 5.02 Å². The van der Waals surface area contributed by atoms with E-state index in [2.05, 4.69) is 11.8 Å². The predicted molar refractivity (Wildman–Crippen MR) is 144 cm³/mol. The van der Waals surface area contributed by atoms with Crippen LogP contribution >= 0.6 is 11.6 Å². The number of ketones is 1. The Hall–Kier alpha value is -3.01. The van der Waals surface area contributed by atoms with E-state index in [0.717, 1.165) is 5.56 Å². The van der Waals surface area contributed by atoms with Crippen LogP contribution in [-0.4, -0.2) is 92.0 Å². The summed E-state index contributed by atoms with van der Waals surface area (Å²) in [6.45, 7) is 6.34. The highest BCUT2D eigenvalue weighted by Crippen LogP contribution is 2.41. The number of carbonyl (C=O) groups excluding carboxylic acids is 3. The maximum Gasteiger partial charge on any atom is 0.290 e. The standard InChI is InChI=1S/C28H34ClFN4O4/c1-17-13-34(18(2)12-32(17)14-19-6-8-20(30)9-7-19)27(36)22-10-21-23(26(35)28(37)31(3)4)15-33(16-38-5)25(21)11-24(22)29/h6-11,17-18,23H,12-16H2,1-5H3/t17-,18+,23?/m0/s1. The number of nitrogens with zero attached hydrogens (tertiary/aromatic N) is 4. The molecule has 2 aromatic rings. The lowest BCUT2D eigenvalue weighted by atomic mass is 9.94. The maximum absolute atomic E-state index is 13.8. The second-order valence-electron chi connectivity index (χ2n) is 10.4. The van der Waals surface area contributed by atoms with Gasteiger partial charge in [-0.1, -0.05) is 23.7 Å². The monoisotopic (exact) mass is 544 g/mol. The Balaban J connectivity index is 1.58. The molecule has 2 aliphatic rings. The molecular formula is C28H34ClFN4O4. The van der Waals surface area contributed by atoms with E-state index in [4.69, 9.17) is 16.3 Å². The van der Waals surface area contributed by atoms with Gasteiger partial charge in [-0.15, -0.1) is 0 Å². The van der Waals surface area contributed by atoms with Crippen LogP contribution in [-0.2, 0) is 20.9 Å². The molecule has 3 atom stereocenters. The fourth-order valence-electron chi connectivity index (χ4n) is 5.27. The summed E-state index contributed by atoms with van der Waals surface area (Å²) in [5.74, 6) is -2.33. The van der Waals surface area contributed by atoms with Crippen LogP contribution in [0.5, 0.6) is 0 Å². The molecule has 1 saturated heterocycles. The quantitative estimate of drug-likeness (QED) is 0.498. The Kier molecular flexibility index (Phi) is 8.40. The minimum atomic E-state index is -0.720. The number of anilines is 1.